The number of sulfonamides is 1. The lowest BCUT2D eigenvalue weighted by Gasteiger charge is -2.16. The molecular formula is C22H21N3O3S3. The highest BCUT2D eigenvalue weighted by Crippen LogP contribution is 2.27. The highest BCUT2D eigenvalue weighted by atomic mass is 32.2. The van der Waals surface area contributed by atoms with E-state index in [1.54, 1.807) is 42.1 Å². The van der Waals surface area contributed by atoms with Crippen molar-refractivity contribution in [2.45, 2.75) is 11.3 Å². The van der Waals surface area contributed by atoms with Gasteiger partial charge < -0.3 is 0 Å². The summed E-state index contributed by atoms with van der Waals surface area (Å²) in [5.41, 5.74) is 3.29. The molecule has 1 saturated heterocycles. The predicted octanol–water partition coefficient (Wildman–Crippen LogP) is 4.72. The van der Waals surface area contributed by atoms with Gasteiger partial charge >= 0.3 is 0 Å². The molecule has 9 heteroatoms. The lowest BCUT2D eigenvalue weighted by molar-refractivity contribution is -0.111. The van der Waals surface area contributed by atoms with Gasteiger partial charge in [0, 0.05) is 28.5 Å². The molecular weight excluding hydrogens is 450 g/mol. The molecule has 0 radical (unpaired) electrons. The first kappa shape index (κ1) is 21.6. The Morgan fingerprint density at radius 2 is 1.90 bits per heavy atom. The Balaban J connectivity index is 1.37. The largest absolute Gasteiger partial charge is 0.298 e. The molecule has 1 aromatic heterocycles. The molecule has 0 atom stereocenters. The Hall–Kier alpha value is -2.62. The van der Waals surface area contributed by atoms with Gasteiger partial charge in [-0.1, -0.05) is 24.3 Å². The van der Waals surface area contributed by atoms with E-state index in [1.807, 2.05) is 35.9 Å². The molecule has 2 heterocycles. The summed E-state index contributed by atoms with van der Waals surface area (Å²) in [6.45, 7) is 0.511. The second kappa shape index (κ2) is 9.25. The molecule has 6 nitrogen and oxygen atoms in total. The number of nitrogens with one attached hydrogen (secondary N) is 1. The molecule has 1 N–H and O–H groups in total. The van der Waals surface area contributed by atoms with Crippen molar-refractivity contribution in [3.05, 3.63) is 65.6 Å². The van der Waals surface area contributed by atoms with Crippen molar-refractivity contribution < 1.29 is 13.2 Å². The number of aromatic nitrogens is 1. The molecule has 160 valence electrons. The number of hydrogen-bond acceptors (Lipinski definition) is 6. The van der Waals surface area contributed by atoms with Crippen LogP contribution >= 0.6 is 23.1 Å². The summed E-state index contributed by atoms with van der Waals surface area (Å²) in [6.07, 6.45) is 5.81. The monoisotopic (exact) mass is 471 g/mol. The number of rotatable bonds is 6. The minimum Gasteiger partial charge on any atom is -0.298 e. The van der Waals surface area contributed by atoms with Crippen molar-refractivity contribution in [3.8, 4) is 11.3 Å². The van der Waals surface area contributed by atoms with Crippen LogP contribution < -0.4 is 9.62 Å². The quantitative estimate of drug-likeness (QED) is 0.416. The molecule has 1 fully saturated rings. The minimum atomic E-state index is -3.19. The number of benzene rings is 2. The molecule has 2 aromatic carbocycles. The Labute approximate surface area is 190 Å². The summed E-state index contributed by atoms with van der Waals surface area (Å²) in [5.74, 6) is -0.0824. The Morgan fingerprint density at radius 3 is 2.55 bits per heavy atom. The Kier molecular flexibility index (Phi) is 6.45. The molecule has 0 saturated carbocycles. The second-order valence-electron chi connectivity index (χ2n) is 6.92. The fraction of sp³-hybridized carbons (Fsp3) is 0.182. The van der Waals surface area contributed by atoms with Gasteiger partial charge in [-0.2, -0.15) is 0 Å². The van der Waals surface area contributed by atoms with Crippen molar-refractivity contribution in [1.82, 2.24) is 4.98 Å². The summed E-state index contributed by atoms with van der Waals surface area (Å²) in [5, 5.41) is 5.23. The molecule has 0 unspecified atom stereocenters. The number of hydrogen-bond donors (Lipinski definition) is 1. The van der Waals surface area contributed by atoms with Gasteiger partial charge in [0.2, 0.25) is 15.9 Å². The Morgan fingerprint density at radius 1 is 1.16 bits per heavy atom. The highest BCUT2D eigenvalue weighted by molar-refractivity contribution is 7.98. The topological polar surface area (TPSA) is 79.4 Å². The number of nitrogens with zero attached hydrogens (tertiary/aromatic N) is 2. The lowest BCUT2D eigenvalue weighted by atomic mass is 10.2. The molecule has 4 rings (SSSR count). The lowest BCUT2D eigenvalue weighted by Crippen LogP contribution is -2.24. The minimum absolute atomic E-state index is 0.191. The predicted molar refractivity (Wildman–Crippen MR) is 129 cm³/mol. The number of carbonyl (C=O) groups is 1. The molecule has 1 aliphatic rings. The zero-order valence-electron chi connectivity index (χ0n) is 16.8. The van der Waals surface area contributed by atoms with Crippen LogP contribution in [0.5, 0.6) is 0 Å². The summed E-state index contributed by atoms with van der Waals surface area (Å²) in [4.78, 5) is 17.9. The average molecular weight is 472 g/mol. The van der Waals surface area contributed by atoms with Gasteiger partial charge in [-0.3, -0.25) is 14.4 Å². The summed E-state index contributed by atoms with van der Waals surface area (Å²) in [7, 11) is -3.19. The summed E-state index contributed by atoms with van der Waals surface area (Å²) >= 11 is 3.06. The van der Waals surface area contributed by atoms with E-state index in [-0.39, 0.29) is 11.7 Å². The van der Waals surface area contributed by atoms with E-state index in [0.717, 1.165) is 16.8 Å². The van der Waals surface area contributed by atoms with Gasteiger partial charge in [-0.05, 0) is 48.6 Å². The maximum atomic E-state index is 12.3. The molecule has 1 amide bonds. The van der Waals surface area contributed by atoms with Gasteiger partial charge in [0.05, 0.1) is 17.1 Å². The molecule has 1 aliphatic heterocycles. The van der Waals surface area contributed by atoms with Crippen molar-refractivity contribution >= 4 is 55.9 Å². The number of amides is 1. The van der Waals surface area contributed by atoms with Crippen LogP contribution in [0.15, 0.2) is 64.9 Å². The number of anilines is 2. The first-order valence-electron chi connectivity index (χ1n) is 9.64. The van der Waals surface area contributed by atoms with Gasteiger partial charge in [0.25, 0.3) is 0 Å². The van der Waals surface area contributed by atoms with Crippen LogP contribution in [0.2, 0.25) is 0 Å². The van der Waals surface area contributed by atoms with Crippen LogP contribution in [0, 0.1) is 0 Å². The SMILES string of the molecule is CSc1ccc(-c2csc(NC(=O)C=Cc3ccc(N4CCCS4(=O)=O)cc3)n2)cc1. The van der Waals surface area contributed by atoms with Crippen LogP contribution in [0.4, 0.5) is 10.8 Å². The molecule has 3 aromatic rings. The van der Waals surface area contributed by atoms with Crippen molar-refractivity contribution in [3.63, 3.8) is 0 Å². The number of thiazole rings is 1. The number of thioether (sulfide) groups is 1. The van der Waals surface area contributed by atoms with Gasteiger partial charge in [0.15, 0.2) is 5.13 Å². The smallest absolute Gasteiger partial charge is 0.250 e. The number of carbonyl (C=O) groups excluding carboxylic acids is 1. The van der Waals surface area contributed by atoms with Gasteiger partial charge in [0.1, 0.15) is 0 Å². The van der Waals surface area contributed by atoms with Gasteiger partial charge in [-0.25, -0.2) is 13.4 Å². The third-order valence-corrected chi connectivity index (χ3v) is 8.20. The summed E-state index contributed by atoms with van der Waals surface area (Å²) in [6, 6.07) is 15.2. The average Bonchev–Trinajstić information content (AvgIpc) is 3.38. The van der Waals surface area contributed by atoms with E-state index in [1.165, 1.54) is 26.6 Å². The second-order valence-corrected chi connectivity index (χ2v) is 10.7. The van der Waals surface area contributed by atoms with Crippen molar-refractivity contribution in [2.75, 3.05) is 28.2 Å². The molecule has 0 aliphatic carbocycles. The third-order valence-electron chi connectivity index (χ3n) is 4.83. The van der Waals surface area contributed by atoms with Crippen LogP contribution in [-0.2, 0) is 14.8 Å². The summed E-state index contributed by atoms with van der Waals surface area (Å²) < 4.78 is 25.5. The molecule has 0 bridgehead atoms. The van der Waals surface area contributed by atoms with Crippen LogP contribution in [-0.4, -0.2) is 37.9 Å². The fourth-order valence-corrected chi connectivity index (χ4v) is 5.92. The maximum absolute atomic E-state index is 12.3. The first-order valence-corrected chi connectivity index (χ1v) is 13.4. The maximum Gasteiger partial charge on any atom is 0.250 e. The van der Waals surface area contributed by atoms with Crippen LogP contribution in [0.3, 0.4) is 0 Å². The van der Waals surface area contributed by atoms with E-state index in [2.05, 4.69) is 10.3 Å². The molecule has 31 heavy (non-hydrogen) atoms. The van der Waals surface area contributed by atoms with Crippen LogP contribution in [0.25, 0.3) is 17.3 Å². The van der Waals surface area contributed by atoms with E-state index < -0.39 is 10.0 Å². The van der Waals surface area contributed by atoms with Crippen molar-refractivity contribution in [2.24, 2.45) is 0 Å². The van der Waals surface area contributed by atoms with Gasteiger partial charge in [-0.15, -0.1) is 23.1 Å². The fourth-order valence-electron chi connectivity index (χ4n) is 3.23. The standard InChI is InChI=1S/C22H21N3O3S3/c1-29-19-10-6-17(7-11-19)20-15-30-22(23-20)24-21(26)12-5-16-3-8-18(9-4-16)25-13-2-14-31(25,27)28/h3-12,15H,2,13-14H2,1H3,(H,23,24,26). The van der Waals surface area contributed by atoms with E-state index in [4.69, 9.17) is 0 Å². The third kappa shape index (κ3) is 5.17. The normalized spacial score (nSPS) is 15.5. The molecule has 0 spiro atoms. The van der Waals surface area contributed by atoms with E-state index in [0.29, 0.717) is 23.8 Å². The first-order chi connectivity index (χ1) is 14.9. The van der Waals surface area contributed by atoms with Crippen molar-refractivity contribution in [1.29, 1.82) is 0 Å². The van der Waals surface area contributed by atoms with E-state index in [9.17, 15) is 13.2 Å². The Bertz CT molecular complexity index is 1200. The zero-order valence-corrected chi connectivity index (χ0v) is 19.3. The highest BCUT2D eigenvalue weighted by Gasteiger charge is 2.28. The van der Waals surface area contributed by atoms with E-state index >= 15 is 0 Å². The van der Waals surface area contributed by atoms with Crippen LogP contribution in [0.1, 0.15) is 12.0 Å². The zero-order chi connectivity index (χ0) is 21.8.